The maximum atomic E-state index is 12.5. The van der Waals surface area contributed by atoms with E-state index < -0.39 is 24.1 Å². The molecule has 0 spiro atoms. The van der Waals surface area contributed by atoms with Crippen molar-refractivity contribution >= 4 is 12.1 Å². The van der Waals surface area contributed by atoms with Gasteiger partial charge in [-0.1, -0.05) is 60.7 Å². The Morgan fingerprint density at radius 3 is 2.04 bits per heavy atom. The molecule has 3 rings (SSSR count). The van der Waals surface area contributed by atoms with E-state index in [9.17, 15) is 9.59 Å². The molecule has 0 aromatic heterocycles. The molecule has 0 radical (unpaired) electrons. The number of rotatable bonds is 5. The molecule has 136 valence electrons. The monoisotopic (exact) mass is 354 g/mol. The summed E-state index contributed by atoms with van der Waals surface area (Å²) in [6, 6.07) is 17.5. The van der Waals surface area contributed by atoms with Crippen LogP contribution in [-0.2, 0) is 27.5 Å². The smallest absolute Gasteiger partial charge is 0.410 e. The Bertz CT molecular complexity index is 736. The van der Waals surface area contributed by atoms with Crippen molar-refractivity contribution in [2.75, 3.05) is 6.54 Å². The third kappa shape index (κ3) is 4.40. The van der Waals surface area contributed by atoms with Crippen LogP contribution in [0.5, 0.6) is 0 Å². The zero-order chi connectivity index (χ0) is 18.4. The van der Waals surface area contributed by atoms with Crippen molar-refractivity contribution in [1.29, 1.82) is 0 Å². The van der Waals surface area contributed by atoms with Gasteiger partial charge in [-0.25, -0.2) is 9.59 Å². The molecule has 1 fully saturated rings. The fourth-order valence-corrected chi connectivity index (χ4v) is 2.94. The highest BCUT2D eigenvalue weighted by Gasteiger charge is 2.42. The molecule has 1 aliphatic rings. The number of nitrogens with zero attached hydrogens (tertiary/aromatic N) is 1. The number of esters is 1. The van der Waals surface area contributed by atoms with Crippen LogP contribution in [0.2, 0.25) is 0 Å². The molecule has 0 bridgehead atoms. The summed E-state index contributed by atoms with van der Waals surface area (Å²) >= 11 is 0. The summed E-state index contributed by atoms with van der Waals surface area (Å²) < 4.78 is 10.7. The summed E-state index contributed by atoms with van der Waals surface area (Å²) in [7, 11) is 0. The highest BCUT2D eigenvalue weighted by atomic mass is 16.6. The van der Waals surface area contributed by atoms with Gasteiger partial charge in [0.2, 0.25) is 0 Å². The van der Waals surface area contributed by atoms with Gasteiger partial charge in [0, 0.05) is 12.6 Å². The van der Waals surface area contributed by atoms with E-state index in [0.29, 0.717) is 13.0 Å². The van der Waals surface area contributed by atoms with E-state index in [1.54, 1.807) is 0 Å². The van der Waals surface area contributed by atoms with Crippen molar-refractivity contribution in [1.82, 2.24) is 4.90 Å². The van der Waals surface area contributed by atoms with E-state index in [2.05, 4.69) is 0 Å². The maximum absolute atomic E-state index is 12.5. The fraction of sp³-hybridized carbons (Fsp3) is 0.300. The van der Waals surface area contributed by atoms with E-state index in [0.717, 1.165) is 11.1 Å². The average molecular weight is 354 g/mol. The Morgan fingerprint density at radius 1 is 0.923 bits per heavy atom. The van der Waals surface area contributed by atoms with Crippen LogP contribution in [-0.4, -0.2) is 35.6 Å². The van der Waals surface area contributed by atoms with E-state index in [-0.39, 0.29) is 13.2 Å². The predicted octanol–water partition coefficient (Wildman–Crippen LogP) is 2.47. The molecule has 1 heterocycles. The van der Waals surface area contributed by atoms with Crippen molar-refractivity contribution < 1.29 is 19.1 Å². The van der Waals surface area contributed by atoms with Crippen molar-refractivity contribution in [3.63, 3.8) is 0 Å². The largest absolute Gasteiger partial charge is 0.459 e. The van der Waals surface area contributed by atoms with E-state index in [1.807, 2.05) is 60.7 Å². The summed E-state index contributed by atoms with van der Waals surface area (Å²) in [6.45, 7) is 0.673. The lowest BCUT2D eigenvalue weighted by atomic mass is 10.1. The predicted molar refractivity (Wildman–Crippen MR) is 96.0 cm³/mol. The third-order valence-corrected chi connectivity index (χ3v) is 4.35. The molecule has 2 atom stereocenters. The van der Waals surface area contributed by atoms with Crippen LogP contribution in [0.1, 0.15) is 17.5 Å². The van der Waals surface area contributed by atoms with Gasteiger partial charge in [-0.3, -0.25) is 4.90 Å². The molecule has 1 aliphatic heterocycles. The van der Waals surface area contributed by atoms with Gasteiger partial charge in [0.15, 0.2) is 0 Å². The average Bonchev–Trinajstić information content (AvgIpc) is 3.07. The molecule has 0 saturated carbocycles. The molecule has 6 nitrogen and oxygen atoms in total. The molecular weight excluding hydrogens is 332 g/mol. The number of carbonyl (C=O) groups is 2. The summed E-state index contributed by atoms with van der Waals surface area (Å²) in [5, 5.41) is 0. The van der Waals surface area contributed by atoms with Crippen molar-refractivity contribution in [3.8, 4) is 0 Å². The van der Waals surface area contributed by atoms with Crippen LogP contribution >= 0.6 is 0 Å². The highest BCUT2D eigenvalue weighted by molar-refractivity contribution is 5.83. The molecule has 2 N–H and O–H groups in total. The van der Waals surface area contributed by atoms with Crippen LogP contribution in [0, 0.1) is 0 Å². The standard InChI is InChI=1S/C20H22N2O4/c21-17-11-12-22(20(24)26-14-16-9-5-2-6-10-16)18(17)19(23)25-13-15-7-3-1-4-8-15/h1-10,17-18H,11-14,21H2. The van der Waals surface area contributed by atoms with Gasteiger partial charge in [-0.2, -0.15) is 0 Å². The fourth-order valence-electron chi connectivity index (χ4n) is 2.94. The lowest BCUT2D eigenvalue weighted by Crippen LogP contribution is -2.48. The molecule has 1 amide bonds. The molecule has 1 saturated heterocycles. The van der Waals surface area contributed by atoms with Crippen LogP contribution in [0.3, 0.4) is 0 Å². The Hall–Kier alpha value is -2.86. The Kier molecular flexibility index (Phi) is 5.86. The SMILES string of the molecule is NC1CCN(C(=O)OCc2ccccc2)C1C(=O)OCc1ccccc1. The topological polar surface area (TPSA) is 81.9 Å². The van der Waals surface area contributed by atoms with E-state index >= 15 is 0 Å². The number of likely N-dealkylation sites (tertiary alicyclic amines) is 1. The quantitative estimate of drug-likeness (QED) is 0.834. The van der Waals surface area contributed by atoms with Gasteiger partial charge in [0.1, 0.15) is 19.3 Å². The molecule has 2 aromatic carbocycles. The van der Waals surface area contributed by atoms with Crippen molar-refractivity contribution in [2.45, 2.75) is 31.7 Å². The lowest BCUT2D eigenvalue weighted by Gasteiger charge is -2.24. The Labute approximate surface area is 152 Å². The number of benzene rings is 2. The first kappa shape index (κ1) is 17.9. The molecule has 0 aliphatic carbocycles. The van der Waals surface area contributed by atoms with Gasteiger partial charge in [0.25, 0.3) is 0 Å². The highest BCUT2D eigenvalue weighted by Crippen LogP contribution is 2.20. The summed E-state index contributed by atoms with van der Waals surface area (Å²) in [5.74, 6) is -0.504. The minimum atomic E-state index is -0.818. The first-order valence-corrected chi connectivity index (χ1v) is 8.58. The van der Waals surface area contributed by atoms with Gasteiger partial charge in [0.05, 0.1) is 0 Å². The normalized spacial score (nSPS) is 19.2. The number of hydrogen-bond donors (Lipinski definition) is 1. The molecular formula is C20H22N2O4. The second-order valence-electron chi connectivity index (χ2n) is 6.22. The molecule has 6 heteroatoms. The van der Waals surface area contributed by atoms with Crippen LogP contribution < -0.4 is 5.73 Å². The summed E-state index contributed by atoms with van der Waals surface area (Å²) in [6.07, 6.45) is -0.0191. The zero-order valence-electron chi connectivity index (χ0n) is 14.4. The van der Waals surface area contributed by atoms with Gasteiger partial charge < -0.3 is 15.2 Å². The molecule has 2 unspecified atom stereocenters. The van der Waals surface area contributed by atoms with Crippen LogP contribution in [0.25, 0.3) is 0 Å². The maximum Gasteiger partial charge on any atom is 0.410 e. The minimum absolute atomic E-state index is 0.149. The first-order valence-electron chi connectivity index (χ1n) is 8.58. The Balaban J connectivity index is 1.57. The Morgan fingerprint density at radius 2 is 1.46 bits per heavy atom. The van der Waals surface area contributed by atoms with E-state index in [1.165, 1.54) is 4.90 Å². The van der Waals surface area contributed by atoms with E-state index in [4.69, 9.17) is 15.2 Å². The van der Waals surface area contributed by atoms with Gasteiger partial charge >= 0.3 is 12.1 Å². The second kappa shape index (κ2) is 8.49. The number of amides is 1. The number of nitrogens with two attached hydrogens (primary N) is 1. The summed E-state index contributed by atoms with van der Waals surface area (Å²) in [4.78, 5) is 26.2. The van der Waals surface area contributed by atoms with Crippen molar-refractivity contribution in [2.24, 2.45) is 5.73 Å². The summed E-state index contributed by atoms with van der Waals surface area (Å²) in [5.41, 5.74) is 7.80. The molecule has 26 heavy (non-hydrogen) atoms. The number of hydrogen-bond acceptors (Lipinski definition) is 5. The van der Waals surface area contributed by atoms with Gasteiger partial charge in [-0.15, -0.1) is 0 Å². The molecule has 2 aromatic rings. The second-order valence-corrected chi connectivity index (χ2v) is 6.22. The van der Waals surface area contributed by atoms with Gasteiger partial charge in [-0.05, 0) is 17.5 Å². The number of ether oxygens (including phenoxy) is 2. The van der Waals surface area contributed by atoms with Crippen LogP contribution in [0.15, 0.2) is 60.7 Å². The number of carbonyl (C=O) groups excluding carboxylic acids is 2. The zero-order valence-corrected chi connectivity index (χ0v) is 14.4. The van der Waals surface area contributed by atoms with Crippen molar-refractivity contribution in [3.05, 3.63) is 71.8 Å². The lowest BCUT2D eigenvalue weighted by molar-refractivity contribution is -0.150. The third-order valence-electron chi connectivity index (χ3n) is 4.35. The first-order chi connectivity index (χ1) is 12.6. The van der Waals surface area contributed by atoms with Crippen LogP contribution in [0.4, 0.5) is 4.79 Å². The minimum Gasteiger partial charge on any atom is -0.459 e.